The normalized spacial score (nSPS) is 29.8. The van der Waals surface area contributed by atoms with E-state index in [1.54, 1.807) is 0 Å². The highest BCUT2D eigenvalue weighted by molar-refractivity contribution is 4.90. The van der Waals surface area contributed by atoms with Gasteiger partial charge < -0.3 is 5.73 Å². The van der Waals surface area contributed by atoms with Crippen LogP contribution in [-0.4, -0.2) is 54.6 Å². The first-order valence-electron chi connectivity index (χ1n) is 7.94. The van der Waals surface area contributed by atoms with E-state index in [-0.39, 0.29) is 0 Å². The lowest BCUT2D eigenvalue weighted by atomic mass is 9.96. The summed E-state index contributed by atoms with van der Waals surface area (Å²) in [6.07, 6.45) is 6.76. The summed E-state index contributed by atoms with van der Waals surface area (Å²) in [4.78, 5) is 5.38. The summed E-state index contributed by atoms with van der Waals surface area (Å²) < 4.78 is 0. The molecule has 2 rings (SSSR count). The third kappa shape index (κ3) is 3.25. The molecule has 0 bridgehead atoms. The number of hydrogen-bond acceptors (Lipinski definition) is 3. The van der Waals surface area contributed by atoms with Crippen LogP contribution in [0.5, 0.6) is 0 Å². The second-order valence-electron chi connectivity index (χ2n) is 6.25. The van der Waals surface area contributed by atoms with Gasteiger partial charge in [0.2, 0.25) is 0 Å². The second kappa shape index (κ2) is 6.88. The predicted molar refractivity (Wildman–Crippen MR) is 77.7 cm³/mol. The SMILES string of the molecule is CCCC(C)C(CN)N1CCC(N2CCCC2)C1. The Balaban J connectivity index is 1.85. The van der Waals surface area contributed by atoms with Crippen molar-refractivity contribution in [3.8, 4) is 0 Å². The van der Waals surface area contributed by atoms with Crippen molar-refractivity contribution in [2.45, 2.75) is 58.0 Å². The fourth-order valence-electron chi connectivity index (χ4n) is 3.86. The van der Waals surface area contributed by atoms with Gasteiger partial charge >= 0.3 is 0 Å². The summed E-state index contributed by atoms with van der Waals surface area (Å²) in [6, 6.07) is 1.42. The Morgan fingerprint density at radius 3 is 2.56 bits per heavy atom. The monoisotopic (exact) mass is 253 g/mol. The van der Waals surface area contributed by atoms with Crippen LogP contribution in [0.2, 0.25) is 0 Å². The summed E-state index contributed by atoms with van der Waals surface area (Å²) in [5, 5.41) is 0. The standard InChI is InChI=1S/C15H31N3/c1-3-6-13(2)15(11-16)18-10-7-14(12-18)17-8-4-5-9-17/h13-15H,3-12,16H2,1-2H3. The molecule has 0 radical (unpaired) electrons. The average Bonchev–Trinajstić information content (AvgIpc) is 3.00. The third-order valence-corrected chi connectivity index (χ3v) is 4.96. The zero-order valence-electron chi connectivity index (χ0n) is 12.3. The summed E-state index contributed by atoms with van der Waals surface area (Å²) >= 11 is 0. The van der Waals surface area contributed by atoms with Crippen molar-refractivity contribution in [1.29, 1.82) is 0 Å². The van der Waals surface area contributed by atoms with Crippen molar-refractivity contribution in [2.24, 2.45) is 11.7 Å². The van der Waals surface area contributed by atoms with Crippen LogP contribution in [0.4, 0.5) is 0 Å². The molecule has 3 nitrogen and oxygen atoms in total. The molecule has 2 N–H and O–H groups in total. The summed E-state index contributed by atoms with van der Waals surface area (Å²) in [6.45, 7) is 10.7. The highest BCUT2D eigenvalue weighted by Gasteiger charge is 2.33. The largest absolute Gasteiger partial charge is 0.329 e. The van der Waals surface area contributed by atoms with Gasteiger partial charge in [0.15, 0.2) is 0 Å². The molecular weight excluding hydrogens is 222 g/mol. The number of hydrogen-bond donors (Lipinski definition) is 1. The minimum absolute atomic E-state index is 0.609. The topological polar surface area (TPSA) is 32.5 Å². The van der Waals surface area contributed by atoms with Crippen molar-refractivity contribution in [1.82, 2.24) is 9.80 Å². The molecule has 2 fully saturated rings. The Bertz CT molecular complexity index is 238. The maximum absolute atomic E-state index is 6.03. The van der Waals surface area contributed by atoms with Gasteiger partial charge in [0.25, 0.3) is 0 Å². The van der Waals surface area contributed by atoms with Crippen LogP contribution in [0.1, 0.15) is 46.0 Å². The average molecular weight is 253 g/mol. The fourth-order valence-corrected chi connectivity index (χ4v) is 3.86. The third-order valence-electron chi connectivity index (χ3n) is 4.96. The molecular formula is C15H31N3. The Morgan fingerprint density at radius 2 is 1.94 bits per heavy atom. The van der Waals surface area contributed by atoms with Crippen LogP contribution in [0.15, 0.2) is 0 Å². The Hall–Kier alpha value is -0.120. The minimum atomic E-state index is 0.609. The van der Waals surface area contributed by atoms with Crippen LogP contribution in [0.3, 0.4) is 0 Å². The van der Waals surface area contributed by atoms with Crippen molar-refractivity contribution in [2.75, 3.05) is 32.7 Å². The van der Waals surface area contributed by atoms with Crippen molar-refractivity contribution >= 4 is 0 Å². The number of rotatable bonds is 6. The molecule has 106 valence electrons. The van der Waals surface area contributed by atoms with E-state index in [1.807, 2.05) is 0 Å². The van der Waals surface area contributed by atoms with Gasteiger partial charge in [-0.2, -0.15) is 0 Å². The van der Waals surface area contributed by atoms with Crippen molar-refractivity contribution in [3.63, 3.8) is 0 Å². The molecule has 2 aliphatic rings. The number of nitrogens with zero attached hydrogens (tertiary/aromatic N) is 2. The number of likely N-dealkylation sites (tertiary alicyclic amines) is 2. The number of nitrogens with two attached hydrogens (primary N) is 1. The first-order chi connectivity index (χ1) is 8.76. The zero-order chi connectivity index (χ0) is 13.0. The molecule has 2 heterocycles. The lowest BCUT2D eigenvalue weighted by Gasteiger charge is -2.32. The lowest BCUT2D eigenvalue weighted by molar-refractivity contribution is 0.160. The Kier molecular flexibility index (Phi) is 5.46. The summed E-state index contributed by atoms with van der Waals surface area (Å²) in [5.74, 6) is 0.748. The fraction of sp³-hybridized carbons (Fsp3) is 1.00. The van der Waals surface area contributed by atoms with Crippen LogP contribution in [0, 0.1) is 5.92 Å². The van der Waals surface area contributed by atoms with Gasteiger partial charge in [0.1, 0.15) is 0 Å². The molecule has 0 aliphatic carbocycles. The lowest BCUT2D eigenvalue weighted by Crippen LogP contribution is -2.45. The highest BCUT2D eigenvalue weighted by atomic mass is 15.3. The molecule has 2 aliphatic heterocycles. The van der Waals surface area contributed by atoms with Crippen LogP contribution in [-0.2, 0) is 0 Å². The molecule has 0 aromatic heterocycles. The van der Waals surface area contributed by atoms with E-state index in [0.717, 1.165) is 18.5 Å². The van der Waals surface area contributed by atoms with Gasteiger partial charge in [0, 0.05) is 31.7 Å². The molecule has 18 heavy (non-hydrogen) atoms. The van der Waals surface area contributed by atoms with Gasteiger partial charge in [-0.1, -0.05) is 20.3 Å². The highest BCUT2D eigenvalue weighted by Crippen LogP contribution is 2.25. The minimum Gasteiger partial charge on any atom is -0.329 e. The molecule has 0 saturated carbocycles. The predicted octanol–water partition coefficient (Wildman–Crippen LogP) is 1.92. The summed E-state index contributed by atoms with van der Waals surface area (Å²) in [7, 11) is 0. The van der Waals surface area contributed by atoms with Crippen molar-refractivity contribution in [3.05, 3.63) is 0 Å². The molecule has 0 aromatic rings. The molecule has 0 amide bonds. The molecule has 3 unspecified atom stereocenters. The first-order valence-corrected chi connectivity index (χ1v) is 7.94. The van der Waals surface area contributed by atoms with Gasteiger partial charge in [-0.05, 0) is 44.7 Å². The van der Waals surface area contributed by atoms with E-state index in [2.05, 4.69) is 23.6 Å². The summed E-state index contributed by atoms with van der Waals surface area (Å²) in [5.41, 5.74) is 6.03. The molecule has 0 spiro atoms. The van der Waals surface area contributed by atoms with E-state index in [0.29, 0.717) is 6.04 Å². The van der Waals surface area contributed by atoms with E-state index in [9.17, 15) is 0 Å². The van der Waals surface area contributed by atoms with Gasteiger partial charge in [-0.15, -0.1) is 0 Å². The quantitative estimate of drug-likeness (QED) is 0.785. The smallest absolute Gasteiger partial charge is 0.0244 e. The Morgan fingerprint density at radius 1 is 1.22 bits per heavy atom. The maximum atomic E-state index is 6.03. The van der Waals surface area contributed by atoms with Gasteiger partial charge in [-0.25, -0.2) is 0 Å². The second-order valence-corrected chi connectivity index (χ2v) is 6.25. The molecule has 3 heteroatoms. The van der Waals surface area contributed by atoms with Crippen LogP contribution >= 0.6 is 0 Å². The van der Waals surface area contributed by atoms with E-state index >= 15 is 0 Å². The van der Waals surface area contributed by atoms with Gasteiger partial charge in [-0.3, -0.25) is 9.80 Å². The zero-order valence-corrected chi connectivity index (χ0v) is 12.3. The maximum Gasteiger partial charge on any atom is 0.0244 e. The van der Waals surface area contributed by atoms with Crippen molar-refractivity contribution < 1.29 is 0 Å². The van der Waals surface area contributed by atoms with E-state index in [4.69, 9.17) is 5.73 Å². The van der Waals surface area contributed by atoms with E-state index < -0.39 is 0 Å². The molecule has 2 saturated heterocycles. The van der Waals surface area contributed by atoms with Crippen LogP contribution in [0.25, 0.3) is 0 Å². The molecule has 3 atom stereocenters. The van der Waals surface area contributed by atoms with Gasteiger partial charge in [0.05, 0.1) is 0 Å². The Labute approximate surface area is 113 Å². The van der Waals surface area contributed by atoms with E-state index in [1.165, 1.54) is 58.3 Å². The van der Waals surface area contributed by atoms with Crippen LogP contribution < -0.4 is 5.73 Å². The molecule has 0 aromatic carbocycles. The first kappa shape index (κ1) is 14.3.